The maximum absolute atomic E-state index is 10.3. The number of rotatable bonds is 10. The Balaban J connectivity index is 1.37. The van der Waals surface area contributed by atoms with Crippen LogP contribution < -0.4 is 0 Å². The van der Waals surface area contributed by atoms with E-state index in [9.17, 15) is 4.79 Å². The lowest BCUT2D eigenvalue weighted by atomic mass is 9.88. The Morgan fingerprint density at radius 3 is 2.21 bits per heavy atom. The molecule has 1 saturated carbocycles. The number of carboxylic acid groups (broad SMARTS) is 1. The normalized spacial score (nSPS) is 28.1. The van der Waals surface area contributed by atoms with Gasteiger partial charge in [-0.15, -0.1) is 0 Å². The molecule has 19 heavy (non-hydrogen) atoms. The molecule has 2 nitrogen and oxygen atoms in total. The van der Waals surface area contributed by atoms with Gasteiger partial charge in [0.25, 0.3) is 0 Å². The lowest BCUT2D eigenvalue weighted by Crippen LogP contribution is -2.06. The molecule has 108 valence electrons. The van der Waals surface area contributed by atoms with Crippen LogP contribution >= 0.6 is 0 Å². The number of carboxylic acids is 1. The zero-order chi connectivity index (χ0) is 13.5. The summed E-state index contributed by atoms with van der Waals surface area (Å²) in [6.45, 7) is 0. The van der Waals surface area contributed by atoms with Gasteiger partial charge in [0.05, 0.1) is 0 Å². The van der Waals surface area contributed by atoms with Crippen LogP contribution in [0.3, 0.4) is 0 Å². The molecular formula is C17H28O2. The fraction of sp³-hybridized carbons (Fsp3) is 0.824. The molecule has 0 aliphatic heterocycles. The minimum atomic E-state index is -0.653. The number of hydrogen-bond acceptors (Lipinski definition) is 1. The van der Waals surface area contributed by atoms with Crippen LogP contribution in [0.2, 0.25) is 0 Å². The van der Waals surface area contributed by atoms with Gasteiger partial charge in [-0.2, -0.15) is 0 Å². The number of fused-ring (bicyclic) bond motifs is 2. The molecule has 0 amide bonds. The second-order valence-electron chi connectivity index (χ2n) is 6.45. The summed E-state index contributed by atoms with van der Waals surface area (Å²) in [4.78, 5) is 10.3. The highest BCUT2D eigenvalue weighted by Gasteiger charge is 2.34. The third-order valence-electron chi connectivity index (χ3n) is 4.88. The molecule has 2 heteroatoms. The Hall–Kier alpha value is -0.790. The Bertz CT molecular complexity index is 308. The molecule has 3 atom stereocenters. The Morgan fingerprint density at radius 2 is 1.63 bits per heavy atom. The minimum absolute atomic E-state index is 0.345. The molecule has 1 fully saturated rings. The topological polar surface area (TPSA) is 37.3 Å². The molecule has 0 aromatic heterocycles. The second-order valence-corrected chi connectivity index (χ2v) is 6.45. The van der Waals surface area contributed by atoms with Crippen molar-refractivity contribution in [1.29, 1.82) is 0 Å². The maximum atomic E-state index is 10.3. The van der Waals surface area contributed by atoms with E-state index < -0.39 is 5.97 Å². The first-order valence-electron chi connectivity index (χ1n) is 8.16. The van der Waals surface area contributed by atoms with Crippen LogP contribution in [-0.2, 0) is 4.79 Å². The van der Waals surface area contributed by atoms with Gasteiger partial charge >= 0.3 is 5.97 Å². The summed E-state index contributed by atoms with van der Waals surface area (Å²) >= 11 is 0. The number of aliphatic carboxylic acids is 1. The quantitative estimate of drug-likeness (QED) is 0.455. The average Bonchev–Trinajstić information content (AvgIpc) is 2.98. The summed E-state index contributed by atoms with van der Waals surface area (Å²) in [5.41, 5.74) is 0. The van der Waals surface area contributed by atoms with E-state index in [1.807, 2.05) is 0 Å². The zero-order valence-electron chi connectivity index (χ0n) is 12.0. The maximum Gasteiger partial charge on any atom is 0.303 e. The monoisotopic (exact) mass is 264 g/mol. The molecule has 0 aromatic carbocycles. The molecule has 2 aliphatic carbocycles. The molecule has 2 aliphatic rings. The molecule has 3 unspecified atom stereocenters. The molecule has 0 aromatic rings. The highest BCUT2D eigenvalue weighted by Crippen LogP contribution is 2.45. The van der Waals surface area contributed by atoms with Gasteiger partial charge in [0.1, 0.15) is 0 Å². The number of carbonyl (C=O) groups is 1. The molecule has 0 spiro atoms. The molecule has 0 saturated heterocycles. The van der Waals surface area contributed by atoms with Gasteiger partial charge in [-0.25, -0.2) is 0 Å². The second kappa shape index (κ2) is 7.72. The van der Waals surface area contributed by atoms with Crippen molar-refractivity contribution in [2.45, 2.75) is 70.6 Å². The predicted molar refractivity (Wildman–Crippen MR) is 78.0 cm³/mol. The summed E-state index contributed by atoms with van der Waals surface area (Å²) in [7, 11) is 0. The summed E-state index contributed by atoms with van der Waals surface area (Å²) in [5.74, 6) is 2.18. The fourth-order valence-electron chi connectivity index (χ4n) is 3.79. The van der Waals surface area contributed by atoms with Crippen molar-refractivity contribution >= 4 is 5.97 Å². The third-order valence-corrected chi connectivity index (χ3v) is 4.88. The summed E-state index contributed by atoms with van der Waals surface area (Å²) in [6, 6.07) is 0. The van der Waals surface area contributed by atoms with Crippen molar-refractivity contribution in [3.8, 4) is 0 Å². The summed E-state index contributed by atoms with van der Waals surface area (Å²) < 4.78 is 0. The smallest absolute Gasteiger partial charge is 0.303 e. The predicted octanol–water partition coefficient (Wildman–Crippen LogP) is 4.79. The van der Waals surface area contributed by atoms with Crippen LogP contribution in [-0.4, -0.2) is 11.1 Å². The minimum Gasteiger partial charge on any atom is -0.481 e. The Morgan fingerprint density at radius 1 is 0.947 bits per heavy atom. The van der Waals surface area contributed by atoms with Crippen LogP contribution in [0.1, 0.15) is 70.6 Å². The van der Waals surface area contributed by atoms with Crippen molar-refractivity contribution in [1.82, 2.24) is 0 Å². The van der Waals surface area contributed by atoms with Gasteiger partial charge in [0.15, 0.2) is 0 Å². The molecule has 2 rings (SSSR count). The zero-order valence-corrected chi connectivity index (χ0v) is 12.0. The molecule has 0 radical (unpaired) electrons. The van der Waals surface area contributed by atoms with Gasteiger partial charge in [0, 0.05) is 6.42 Å². The van der Waals surface area contributed by atoms with Gasteiger partial charge in [0.2, 0.25) is 0 Å². The summed E-state index contributed by atoms with van der Waals surface area (Å²) in [5, 5.41) is 8.53. The van der Waals surface area contributed by atoms with Crippen LogP contribution in [0.5, 0.6) is 0 Å². The fourth-order valence-corrected chi connectivity index (χ4v) is 3.79. The largest absolute Gasteiger partial charge is 0.481 e. The van der Waals surface area contributed by atoms with Crippen LogP contribution in [0.25, 0.3) is 0 Å². The summed E-state index contributed by atoms with van der Waals surface area (Å²) in [6.07, 6.45) is 18.1. The van der Waals surface area contributed by atoms with E-state index in [2.05, 4.69) is 12.2 Å². The van der Waals surface area contributed by atoms with Crippen molar-refractivity contribution in [2.75, 3.05) is 0 Å². The van der Waals surface area contributed by atoms with E-state index in [1.54, 1.807) is 0 Å². The average molecular weight is 264 g/mol. The number of unbranched alkanes of at least 4 members (excludes halogenated alkanes) is 6. The SMILES string of the molecule is O=C(O)CCCCCCCCCC1CC2C=CC1C2. The molecular weight excluding hydrogens is 236 g/mol. The van der Waals surface area contributed by atoms with Crippen molar-refractivity contribution in [3.05, 3.63) is 12.2 Å². The third kappa shape index (κ3) is 5.00. The molecule has 2 bridgehead atoms. The van der Waals surface area contributed by atoms with E-state index >= 15 is 0 Å². The highest BCUT2D eigenvalue weighted by molar-refractivity contribution is 5.66. The lowest BCUT2D eigenvalue weighted by molar-refractivity contribution is -0.137. The lowest BCUT2D eigenvalue weighted by Gasteiger charge is -2.17. The van der Waals surface area contributed by atoms with E-state index in [4.69, 9.17) is 5.11 Å². The van der Waals surface area contributed by atoms with Gasteiger partial charge in [-0.3, -0.25) is 4.79 Å². The Labute approximate surface area is 117 Å². The van der Waals surface area contributed by atoms with Gasteiger partial charge in [-0.05, 0) is 43.4 Å². The van der Waals surface area contributed by atoms with Crippen LogP contribution in [0.4, 0.5) is 0 Å². The van der Waals surface area contributed by atoms with Gasteiger partial charge < -0.3 is 5.11 Å². The van der Waals surface area contributed by atoms with Crippen molar-refractivity contribution < 1.29 is 9.90 Å². The highest BCUT2D eigenvalue weighted by atomic mass is 16.4. The van der Waals surface area contributed by atoms with Crippen molar-refractivity contribution in [3.63, 3.8) is 0 Å². The number of hydrogen-bond donors (Lipinski definition) is 1. The van der Waals surface area contributed by atoms with E-state index in [0.29, 0.717) is 6.42 Å². The van der Waals surface area contributed by atoms with Crippen LogP contribution in [0.15, 0.2) is 12.2 Å². The van der Waals surface area contributed by atoms with Crippen molar-refractivity contribution in [2.24, 2.45) is 17.8 Å². The number of allylic oxidation sites excluding steroid dienone is 2. The van der Waals surface area contributed by atoms with E-state index in [0.717, 1.165) is 30.6 Å². The first kappa shape index (κ1) is 14.6. The Kier molecular flexibility index (Phi) is 5.93. The molecule has 1 N–H and O–H groups in total. The standard InChI is InChI=1S/C17H28O2/c18-17(19)9-7-5-3-1-2-4-6-8-15-12-14-10-11-16(15)13-14/h10-11,14-16H,1-9,12-13H2,(H,18,19). The van der Waals surface area contributed by atoms with E-state index in [1.165, 1.54) is 51.4 Å². The first-order chi connectivity index (χ1) is 9.25. The van der Waals surface area contributed by atoms with Crippen LogP contribution in [0, 0.1) is 17.8 Å². The van der Waals surface area contributed by atoms with E-state index in [-0.39, 0.29) is 0 Å². The first-order valence-corrected chi connectivity index (χ1v) is 8.16. The van der Waals surface area contributed by atoms with Gasteiger partial charge in [-0.1, -0.05) is 50.7 Å². The molecule has 0 heterocycles.